The Balaban J connectivity index is 2.34. The van der Waals surface area contributed by atoms with Crippen LogP contribution in [0.25, 0.3) is 0 Å². The van der Waals surface area contributed by atoms with Gasteiger partial charge in [-0.15, -0.1) is 0 Å². The van der Waals surface area contributed by atoms with E-state index in [0.717, 1.165) is 9.26 Å². The Labute approximate surface area is 153 Å². The Morgan fingerprint density at radius 1 is 1.29 bits per heavy atom. The van der Waals surface area contributed by atoms with E-state index in [-0.39, 0.29) is 12.2 Å². The van der Waals surface area contributed by atoms with E-state index in [2.05, 4.69) is 27.9 Å². The van der Waals surface area contributed by atoms with Crippen LogP contribution in [0.15, 0.2) is 34.7 Å². The van der Waals surface area contributed by atoms with Gasteiger partial charge < -0.3 is 19.2 Å². The van der Waals surface area contributed by atoms with Crippen LogP contribution in [-0.2, 0) is 14.3 Å². The molecule has 2 rings (SSSR count). The van der Waals surface area contributed by atoms with Gasteiger partial charge in [-0.05, 0) is 66.8 Å². The van der Waals surface area contributed by atoms with Crippen LogP contribution in [0, 0.1) is 10.5 Å². The molecule has 1 N–H and O–H groups in total. The molecule has 1 unspecified atom stereocenters. The number of esters is 2. The normalized spacial score (nSPS) is 11.7. The number of methoxy groups -OCH3 is 1. The number of rotatable bonds is 6. The Kier molecular flexibility index (Phi) is 6.24. The van der Waals surface area contributed by atoms with Gasteiger partial charge in [-0.2, -0.15) is 0 Å². The van der Waals surface area contributed by atoms with Crippen LogP contribution in [0.3, 0.4) is 0 Å². The molecule has 2 aromatic rings. The van der Waals surface area contributed by atoms with E-state index >= 15 is 0 Å². The highest BCUT2D eigenvalue weighted by atomic mass is 127. The third-order valence-electron chi connectivity index (χ3n) is 3.30. The molecular formula is C17H18INO5. The summed E-state index contributed by atoms with van der Waals surface area (Å²) in [5.74, 6) is -0.318. The molecule has 0 amide bonds. The maximum atomic E-state index is 12.3. The molecule has 7 heteroatoms. The second kappa shape index (κ2) is 8.18. The number of ether oxygens (including phenoxy) is 2. The summed E-state index contributed by atoms with van der Waals surface area (Å²) in [5.41, 5.74) is 1.02. The van der Waals surface area contributed by atoms with Crippen molar-refractivity contribution < 1.29 is 23.5 Å². The van der Waals surface area contributed by atoms with E-state index in [1.54, 1.807) is 13.8 Å². The van der Waals surface area contributed by atoms with Gasteiger partial charge in [0.15, 0.2) is 6.04 Å². The van der Waals surface area contributed by atoms with Crippen molar-refractivity contribution >= 4 is 40.2 Å². The fourth-order valence-electron chi connectivity index (χ4n) is 2.14. The average Bonchev–Trinajstić information content (AvgIpc) is 2.95. The Morgan fingerprint density at radius 3 is 2.54 bits per heavy atom. The topological polar surface area (TPSA) is 77.8 Å². The first-order valence-corrected chi connectivity index (χ1v) is 8.41. The molecule has 0 saturated heterocycles. The first-order chi connectivity index (χ1) is 11.5. The Morgan fingerprint density at radius 2 is 1.96 bits per heavy atom. The molecule has 1 heterocycles. The maximum absolute atomic E-state index is 12.3. The quantitative estimate of drug-likeness (QED) is 0.542. The number of benzene rings is 1. The third kappa shape index (κ3) is 4.28. The lowest BCUT2D eigenvalue weighted by Gasteiger charge is -2.16. The van der Waals surface area contributed by atoms with Crippen molar-refractivity contribution in [3.8, 4) is 0 Å². The monoisotopic (exact) mass is 443 g/mol. The van der Waals surface area contributed by atoms with Crippen LogP contribution in [0.4, 0.5) is 5.69 Å². The van der Waals surface area contributed by atoms with Gasteiger partial charge in [0.1, 0.15) is 17.1 Å². The van der Waals surface area contributed by atoms with E-state index in [0.29, 0.717) is 11.5 Å². The second-order valence-corrected chi connectivity index (χ2v) is 6.19. The Hall–Kier alpha value is -2.03. The van der Waals surface area contributed by atoms with Crippen LogP contribution in [0.2, 0.25) is 0 Å². The molecule has 0 aliphatic heterocycles. The fourth-order valence-corrected chi connectivity index (χ4v) is 2.50. The average molecular weight is 443 g/mol. The van der Waals surface area contributed by atoms with E-state index < -0.39 is 18.0 Å². The summed E-state index contributed by atoms with van der Waals surface area (Å²) in [6, 6.07) is 8.18. The highest BCUT2D eigenvalue weighted by Gasteiger charge is 2.28. The number of aryl methyl sites for hydroxylation is 1. The molecule has 1 aromatic carbocycles. The van der Waals surface area contributed by atoms with Crippen LogP contribution >= 0.6 is 22.6 Å². The molecule has 24 heavy (non-hydrogen) atoms. The SMILES string of the molecule is CCOC(=O)C(Nc1ccc(I)cc1)c1cc(C(=O)OC)c(C)o1. The standard InChI is InChI=1S/C17H18INO5/c1-4-23-17(21)15(19-12-7-5-11(18)6-8-12)14-9-13(10(2)24-14)16(20)22-3/h5-9,15,19H,4H2,1-3H3. The minimum Gasteiger partial charge on any atom is -0.465 e. The summed E-state index contributed by atoms with van der Waals surface area (Å²) in [4.78, 5) is 24.1. The molecule has 0 bridgehead atoms. The number of anilines is 1. The van der Waals surface area contributed by atoms with Crippen molar-refractivity contribution in [3.05, 3.63) is 51.0 Å². The molecule has 1 atom stereocenters. The van der Waals surface area contributed by atoms with E-state index in [1.807, 2.05) is 24.3 Å². The second-order valence-electron chi connectivity index (χ2n) is 4.95. The van der Waals surface area contributed by atoms with Crippen LogP contribution in [0.1, 0.15) is 34.8 Å². The summed E-state index contributed by atoms with van der Waals surface area (Å²) in [6.07, 6.45) is 0. The molecule has 0 fully saturated rings. The summed E-state index contributed by atoms with van der Waals surface area (Å²) in [7, 11) is 1.29. The van der Waals surface area contributed by atoms with Crippen molar-refractivity contribution in [2.75, 3.05) is 19.0 Å². The zero-order valence-electron chi connectivity index (χ0n) is 13.6. The van der Waals surface area contributed by atoms with Gasteiger partial charge in [-0.1, -0.05) is 0 Å². The first kappa shape index (κ1) is 18.3. The minimum absolute atomic E-state index is 0.243. The summed E-state index contributed by atoms with van der Waals surface area (Å²) in [6.45, 7) is 3.61. The lowest BCUT2D eigenvalue weighted by atomic mass is 10.1. The molecule has 0 saturated carbocycles. The van der Waals surface area contributed by atoms with Gasteiger partial charge >= 0.3 is 11.9 Å². The lowest BCUT2D eigenvalue weighted by Crippen LogP contribution is -2.23. The molecule has 0 radical (unpaired) electrons. The van der Waals surface area contributed by atoms with E-state index in [9.17, 15) is 9.59 Å². The van der Waals surface area contributed by atoms with Gasteiger partial charge in [0.2, 0.25) is 0 Å². The Bertz CT molecular complexity index is 723. The van der Waals surface area contributed by atoms with Crippen molar-refractivity contribution in [1.29, 1.82) is 0 Å². The van der Waals surface area contributed by atoms with E-state index in [4.69, 9.17) is 13.9 Å². The van der Waals surface area contributed by atoms with Gasteiger partial charge in [0.05, 0.1) is 13.7 Å². The zero-order valence-corrected chi connectivity index (χ0v) is 15.7. The highest BCUT2D eigenvalue weighted by Crippen LogP contribution is 2.26. The zero-order chi connectivity index (χ0) is 17.7. The van der Waals surface area contributed by atoms with Gasteiger partial charge in [0.25, 0.3) is 0 Å². The molecule has 6 nitrogen and oxygen atoms in total. The van der Waals surface area contributed by atoms with Crippen LogP contribution in [-0.4, -0.2) is 25.7 Å². The number of halogens is 1. The predicted octanol–water partition coefficient (Wildman–Crippen LogP) is 3.70. The molecule has 0 aliphatic rings. The van der Waals surface area contributed by atoms with Crippen molar-refractivity contribution in [2.45, 2.75) is 19.9 Å². The molecule has 0 aliphatic carbocycles. The number of hydrogen-bond donors (Lipinski definition) is 1. The summed E-state index contributed by atoms with van der Waals surface area (Å²) < 4.78 is 16.5. The molecule has 1 aromatic heterocycles. The van der Waals surface area contributed by atoms with Crippen molar-refractivity contribution in [1.82, 2.24) is 0 Å². The third-order valence-corrected chi connectivity index (χ3v) is 4.02. The van der Waals surface area contributed by atoms with Gasteiger partial charge in [-0.25, -0.2) is 9.59 Å². The summed E-state index contributed by atoms with van der Waals surface area (Å²) >= 11 is 2.20. The number of furan rings is 1. The minimum atomic E-state index is -0.859. The summed E-state index contributed by atoms with van der Waals surface area (Å²) in [5, 5.41) is 3.08. The predicted molar refractivity (Wildman–Crippen MR) is 96.9 cm³/mol. The van der Waals surface area contributed by atoms with Gasteiger partial charge in [0, 0.05) is 9.26 Å². The number of carbonyl (C=O) groups excluding carboxylic acids is 2. The smallest absolute Gasteiger partial charge is 0.341 e. The van der Waals surface area contributed by atoms with Crippen molar-refractivity contribution in [3.63, 3.8) is 0 Å². The number of carbonyl (C=O) groups is 2. The fraction of sp³-hybridized carbons (Fsp3) is 0.294. The first-order valence-electron chi connectivity index (χ1n) is 7.33. The maximum Gasteiger partial charge on any atom is 0.341 e. The molecule has 0 spiro atoms. The van der Waals surface area contributed by atoms with Crippen LogP contribution < -0.4 is 5.32 Å². The number of nitrogens with one attached hydrogen (secondary N) is 1. The van der Waals surface area contributed by atoms with Crippen LogP contribution in [0.5, 0.6) is 0 Å². The lowest BCUT2D eigenvalue weighted by molar-refractivity contribution is -0.144. The molecular weight excluding hydrogens is 425 g/mol. The highest BCUT2D eigenvalue weighted by molar-refractivity contribution is 14.1. The molecule has 128 valence electrons. The largest absolute Gasteiger partial charge is 0.465 e. The number of hydrogen-bond acceptors (Lipinski definition) is 6. The van der Waals surface area contributed by atoms with Gasteiger partial charge in [-0.3, -0.25) is 0 Å². The van der Waals surface area contributed by atoms with Crippen molar-refractivity contribution in [2.24, 2.45) is 0 Å². The van der Waals surface area contributed by atoms with E-state index in [1.165, 1.54) is 13.2 Å².